The minimum Gasteiger partial charge on any atom is -0.364 e. The lowest BCUT2D eigenvalue weighted by molar-refractivity contribution is -0.389. The van der Waals surface area contributed by atoms with Crippen LogP contribution in [0.15, 0.2) is 29.4 Å². The van der Waals surface area contributed by atoms with E-state index in [1.54, 1.807) is 10.6 Å². The summed E-state index contributed by atoms with van der Waals surface area (Å²) < 4.78 is 6.19. The summed E-state index contributed by atoms with van der Waals surface area (Å²) in [6.07, 6.45) is 4.17. The summed E-state index contributed by atoms with van der Waals surface area (Å²) in [5.74, 6) is -0.173. The third kappa shape index (κ3) is 1.60. The van der Waals surface area contributed by atoms with Gasteiger partial charge in [-0.3, -0.25) is 0 Å². The first kappa shape index (κ1) is 8.42. The number of hydrogen-bond acceptors (Lipinski definition) is 5. The maximum Gasteiger partial charge on any atom is 0.381 e. The van der Waals surface area contributed by atoms with Crippen molar-refractivity contribution in [3.8, 4) is 0 Å². The predicted octanol–water partition coefficient (Wildman–Crippen LogP) is 0.828. The number of rotatable bonds is 3. The summed E-state index contributed by atoms with van der Waals surface area (Å²) in [6, 6.07) is 1.69. The zero-order chi connectivity index (χ0) is 9.97. The Morgan fingerprint density at radius 2 is 2.50 bits per heavy atom. The van der Waals surface area contributed by atoms with Crippen LogP contribution in [0.5, 0.6) is 0 Å². The molecule has 0 aromatic carbocycles. The molecule has 14 heavy (non-hydrogen) atoms. The molecule has 2 aromatic rings. The Hall–Kier alpha value is -2.18. The molecule has 0 radical (unpaired) electrons. The molecule has 2 heterocycles. The van der Waals surface area contributed by atoms with Gasteiger partial charge in [0.15, 0.2) is 0 Å². The lowest BCUT2D eigenvalue weighted by Crippen LogP contribution is -1.96. The van der Waals surface area contributed by atoms with E-state index in [1.165, 1.54) is 18.8 Å². The summed E-state index contributed by atoms with van der Waals surface area (Å²) in [5, 5.41) is 14.0. The third-order valence-corrected chi connectivity index (χ3v) is 1.64. The number of nitro groups is 1. The van der Waals surface area contributed by atoms with Crippen molar-refractivity contribution in [3.05, 3.63) is 40.7 Å². The van der Waals surface area contributed by atoms with Gasteiger partial charge < -0.3 is 19.2 Å². The van der Waals surface area contributed by atoms with Crippen LogP contribution >= 0.6 is 0 Å². The maximum absolute atomic E-state index is 10.3. The molecule has 2 aromatic heterocycles. The molecule has 0 saturated carbocycles. The van der Waals surface area contributed by atoms with Gasteiger partial charge in [-0.15, -0.1) is 0 Å². The van der Waals surface area contributed by atoms with Crippen LogP contribution in [0.3, 0.4) is 0 Å². The molecule has 0 unspecified atom stereocenters. The van der Waals surface area contributed by atoms with Gasteiger partial charge in [0.2, 0.25) is 6.33 Å². The number of hydrogen-bond donors (Lipinski definition) is 0. The van der Waals surface area contributed by atoms with Crippen LogP contribution in [-0.4, -0.2) is 19.6 Å². The zero-order valence-electron chi connectivity index (χ0n) is 7.03. The van der Waals surface area contributed by atoms with E-state index in [1.807, 2.05) is 0 Å². The second-order valence-electron chi connectivity index (χ2n) is 2.65. The quantitative estimate of drug-likeness (QED) is 0.533. The monoisotopic (exact) mass is 194 g/mol. The van der Waals surface area contributed by atoms with E-state index >= 15 is 0 Å². The van der Waals surface area contributed by atoms with Crippen molar-refractivity contribution in [3.63, 3.8) is 0 Å². The van der Waals surface area contributed by atoms with Gasteiger partial charge in [-0.25, -0.2) is 0 Å². The largest absolute Gasteiger partial charge is 0.381 e. The Bertz CT molecular complexity index is 433. The first-order valence-electron chi connectivity index (χ1n) is 3.81. The van der Waals surface area contributed by atoms with Crippen LogP contribution in [-0.2, 0) is 6.54 Å². The van der Waals surface area contributed by atoms with Crippen molar-refractivity contribution in [1.29, 1.82) is 0 Å². The molecule has 0 saturated heterocycles. The Morgan fingerprint density at radius 1 is 1.64 bits per heavy atom. The lowest BCUT2D eigenvalue weighted by Gasteiger charge is -1.92. The summed E-state index contributed by atoms with van der Waals surface area (Å²) >= 11 is 0. The first-order chi connectivity index (χ1) is 6.75. The SMILES string of the molecule is O=[N+]([O-])c1cn(Cc2ccon2)cn1. The van der Waals surface area contributed by atoms with Crippen LogP contribution < -0.4 is 0 Å². The highest BCUT2D eigenvalue weighted by Crippen LogP contribution is 2.07. The Kier molecular flexibility index (Phi) is 1.98. The molecule has 0 fully saturated rings. The second-order valence-corrected chi connectivity index (χ2v) is 2.65. The van der Waals surface area contributed by atoms with Crippen LogP contribution in [0.25, 0.3) is 0 Å². The molecule has 0 aliphatic carbocycles. The van der Waals surface area contributed by atoms with Crippen molar-refractivity contribution in [2.75, 3.05) is 0 Å². The van der Waals surface area contributed by atoms with E-state index in [2.05, 4.69) is 14.7 Å². The minimum atomic E-state index is -0.542. The third-order valence-electron chi connectivity index (χ3n) is 1.64. The predicted molar refractivity (Wildman–Crippen MR) is 44.5 cm³/mol. The van der Waals surface area contributed by atoms with Gasteiger partial charge in [-0.05, 0) is 9.91 Å². The molecule has 7 nitrogen and oxygen atoms in total. The van der Waals surface area contributed by atoms with E-state index in [-0.39, 0.29) is 5.82 Å². The molecule has 0 bridgehead atoms. The van der Waals surface area contributed by atoms with Crippen molar-refractivity contribution < 1.29 is 9.45 Å². The van der Waals surface area contributed by atoms with Gasteiger partial charge >= 0.3 is 5.82 Å². The van der Waals surface area contributed by atoms with E-state index in [0.717, 1.165) is 0 Å². The molecular weight excluding hydrogens is 188 g/mol. The molecule has 7 heteroatoms. The number of aromatic nitrogens is 3. The molecule has 2 rings (SSSR count). The van der Waals surface area contributed by atoms with E-state index in [0.29, 0.717) is 12.2 Å². The second kappa shape index (κ2) is 3.29. The molecule has 0 atom stereocenters. The van der Waals surface area contributed by atoms with Gasteiger partial charge in [-0.2, -0.15) is 0 Å². The number of nitrogens with zero attached hydrogens (tertiary/aromatic N) is 4. The fourth-order valence-corrected chi connectivity index (χ4v) is 1.04. The van der Waals surface area contributed by atoms with Crippen molar-refractivity contribution in [1.82, 2.24) is 14.7 Å². The van der Waals surface area contributed by atoms with Crippen molar-refractivity contribution in [2.45, 2.75) is 6.54 Å². The van der Waals surface area contributed by atoms with E-state index in [4.69, 9.17) is 0 Å². The summed E-state index contributed by atoms with van der Waals surface area (Å²) in [6.45, 7) is 0.414. The molecule has 0 spiro atoms. The first-order valence-corrected chi connectivity index (χ1v) is 3.81. The molecule has 0 aliphatic rings. The molecule has 72 valence electrons. The highest BCUT2D eigenvalue weighted by atomic mass is 16.6. The number of imidazole rings is 1. The average Bonchev–Trinajstić information content (AvgIpc) is 2.75. The van der Waals surface area contributed by atoms with E-state index < -0.39 is 4.92 Å². The van der Waals surface area contributed by atoms with Gasteiger partial charge in [-0.1, -0.05) is 5.16 Å². The average molecular weight is 194 g/mol. The smallest absolute Gasteiger partial charge is 0.364 e. The van der Waals surface area contributed by atoms with Gasteiger partial charge in [0.05, 0.1) is 6.54 Å². The van der Waals surface area contributed by atoms with Gasteiger partial charge in [0, 0.05) is 6.07 Å². The molecule has 0 amide bonds. The Labute approximate surface area is 78.1 Å². The van der Waals surface area contributed by atoms with Crippen LogP contribution in [0.1, 0.15) is 5.69 Å². The standard InChI is InChI=1S/C7H6N4O3/c12-11(13)7-4-10(5-8-7)3-6-1-2-14-9-6/h1-2,4-5H,3H2. The highest BCUT2D eigenvalue weighted by molar-refractivity contribution is 5.13. The fourth-order valence-electron chi connectivity index (χ4n) is 1.04. The summed E-state index contributed by atoms with van der Waals surface area (Å²) in [4.78, 5) is 13.4. The highest BCUT2D eigenvalue weighted by Gasteiger charge is 2.10. The maximum atomic E-state index is 10.3. The Morgan fingerprint density at radius 3 is 3.07 bits per heavy atom. The topological polar surface area (TPSA) is 87.0 Å². The van der Waals surface area contributed by atoms with E-state index in [9.17, 15) is 10.1 Å². The molecular formula is C7H6N4O3. The Balaban J connectivity index is 2.14. The van der Waals surface area contributed by atoms with Gasteiger partial charge in [0.25, 0.3) is 0 Å². The fraction of sp³-hybridized carbons (Fsp3) is 0.143. The normalized spacial score (nSPS) is 10.3. The summed E-state index contributed by atoms with van der Waals surface area (Å²) in [5.41, 5.74) is 0.692. The minimum absolute atomic E-state index is 0.173. The lowest BCUT2D eigenvalue weighted by atomic mass is 10.4. The zero-order valence-corrected chi connectivity index (χ0v) is 7.03. The molecule has 0 aliphatic heterocycles. The summed E-state index contributed by atoms with van der Waals surface area (Å²) in [7, 11) is 0. The van der Waals surface area contributed by atoms with Crippen LogP contribution in [0, 0.1) is 10.1 Å². The van der Waals surface area contributed by atoms with Crippen molar-refractivity contribution in [2.24, 2.45) is 0 Å². The van der Waals surface area contributed by atoms with Crippen LogP contribution in [0.2, 0.25) is 0 Å². The van der Waals surface area contributed by atoms with Gasteiger partial charge in [0.1, 0.15) is 18.2 Å². The molecule has 0 N–H and O–H groups in total. The van der Waals surface area contributed by atoms with Crippen molar-refractivity contribution >= 4 is 5.82 Å². The van der Waals surface area contributed by atoms with Crippen LogP contribution in [0.4, 0.5) is 5.82 Å².